The maximum Gasteiger partial charge on any atom is 0.105 e. The third-order valence-electron chi connectivity index (χ3n) is 2.69. The Hall–Kier alpha value is -1.65. The molecule has 6 nitrogen and oxygen atoms in total. The topological polar surface area (TPSA) is 99.1 Å². The third kappa shape index (κ3) is 10.8. The fourth-order valence-electron chi connectivity index (χ4n) is 1.55. The zero-order chi connectivity index (χ0) is 16.1. The molecule has 0 N–H and O–H groups in total. The monoisotopic (exact) mass is 293 g/mol. The van der Waals surface area contributed by atoms with Crippen LogP contribution in [0.5, 0.6) is 0 Å². The summed E-state index contributed by atoms with van der Waals surface area (Å²) in [6.07, 6.45) is 0.0178. The molecule has 0 radical (unpaired) electrons. The summed E-state index contributed by atoms with van der Waals surface area (Å²) in [5.41, 5.74) is 0. The molecule has 0 aliphatic heterocycles. The minimum Gasteiger partial charge on any atom is -0.375 e. The molecule has 0 fully saturated rings. The summed E-state index contributed by atoms with van der Waals surface area (Å²) in [6, 6.07) is 6.14. The summed E-state index contributed by atoms with van der Waals surface area (Å²) in [4.78, 5) is 0. The van der Waals surface area contributed by atoms with Crippen molar-refractivity contribution in [2.75, 3.05) is 13.2 Å². The minimum absolute atomic E-state index is 0.177. The molecule has 116 valence electrons. The van der Waals surface area contributed by atoms with Crippen molar-refractivity contribution in [1.82, 2.24) is 0 Å². The first-order valence-electron chi connectivity index (χ1n) is 7.02. The first-order chi connectivity index (χ1) is 10.0. The molecule has 0 aliphatic rings. The first-order valence-corrected chi connectivity index (χ1v) is 7.02. The fourth-order valence-corrected chi connectivity index (χ4v) is 1.55. The van der Waals surface area contributed by atoms with Gasteiger partial charge in [-0.2, -0.15) is 15.8 Å². The molecule has 0 spiro atoms. The molecule has 0 saturated carbocycles. The zero-order valence-corrected chi connectivity index (χ0v) is 12.9. The van der Waals surface area contributed by atoms with Crippen molar-refractivity contribution in [2.45, 2.75) is 64.4 Å². The Morgan fingerprint density at radius 3 is 1.48 bits per heavy atom. The summed E-state index contributed by atoms with van der Waals surface area (Å²) >= 11 is 0. The van der Waals surface area contributed by atoms with Crippen LogP contribution in [0.4, 0.5) is 0 Å². The molecule has 0 rings (SSSR count). The molecule has 0 aromatic carbocycles. The second kappa shape index (κ2) is 12.1. The Kier molecular flexibility index (Phi) is 11.2. The Morgan fingerprint density at radius 1 is 0.714 bits per heavy atom. The van der Waals surface area contributed by atoms with Crippen LogP contribution in [0, 0.1) is 34.0 Å². The molecule has 3 atom stereocenters. The molecule has 0 saturated heterocycles. The van der Waals surface area contributed by atoms with Crippen LogP contribution in [0.25, 0.3) is 0 Å². The lowest BCUT2D eigenvalue weighted by atomic mass is 10.2. The van der Waals surface area contributed by atoms with E-state index in [1.807, 2.05) is 32.9 Å². The summed E-state index contributed by atoms with van der Waals surface area (Å²) in [6.45, 7) is 6.03. The van der Waals surface area contributed by atoms with Crippen molar-refractivity contribution in [1.29, 1.82) is 15.8 Å². The fraction of sp³-hybridized carbons (Fsp3) is 0.800. The van der Waals surface area contributed by atoms with Crippen LogP contribution >= 0.6 is 0 Å². The molecule has 0 aromatic rings. The third-order valence-corrected chi connectivity index (χ3v) is 2.69. The predicted octanol–water partition coefficient (Wildman–Crippen LogP) is 2.31. The lowest BCUT2D eigenvalue weighted by molar-refractivity contribution is -0.105. The van der Waals surface area contributed by atoms with E-state index in [-0.39, 0.29) is 44.1 Å². The average Bonchev–Trinajstić information content (AvgIpc) is 2.42. The predicted molar refractivity (Wildman–Crippen MR) is 75.9 cm³/mol. The number of nitrogens with zero attached hydrogens (tertiary/aromatic N) is 3. The minimum atomic E-state index is -0.323. The van der Waals surface area contributed by atoms with Crippen molar-refractivity contribution < 1.29 is 14.2 Å². The highest BCUT2D eigenvalue weighted by Gasteiger charge is 2.17. The van der Waals surface area contributed by atoms with Crippen LogP contribution in [0.15, 0.2) is 0 Å². The van der Waals surface area contributed by atoms with Gasteiger partial charge in [-0.1, -0.05) is 0 Å². The van der Waals surface area contributed by atoms with Gasteiger partial charge >= 0.3 is 0 Å². The maximum absolute atomic E-state index is 8.66. The quantitative estimate of drug-likeness (QED) is 0.579. The summed E-state index contributed by atoms with van der Waals surface area (Å²) in [5.74, 6) is 0. The van der Waals surface area contributed by atoms with Crippen molar-refractivity contribution in [2.24, 2.45) is 0 Å². The van der Waals surface area contributed by atoms with Crippen LogP contribution < -0.4 is 0 Å². The maximum atomic E-state index is 8.66. The van der Waals surface area contributed by atoms with Gasteiger partial charge in [0, 0.05) is 0 Å². The van der Waals surface area contributed by atoms with Gasteiger partial charge in [-0.3, -0.25) is 0 Å². The van der Waals surface area contributed by atoms with Gasteiger partial charge in [0.15, 0.2) is 0 Å². The molecular formula is C15H23N3O3. The number of nitriles is 3. The van der Waals surface area contributed by atoms with E-state index in [1.165, 1.54) is 0 Å². The van der Waals surface area contributed by atoms with Gasteiger partial charge in [0.1, 0.15) is 6.10 Å². The van der Waals surface area contributed by atoms with E-state index in [4.69, 9.17) is 30.0 Å². The molecule has 0 amide bonds. The smallest absolute Gasteiger partial charge is 0.105 e. The van der Waals surface area contributed by atoms with Crippen LogP contribution in [-0.2, 0) is 14.2 Å². The van der Waals surface area contributed by atoms with Gasteiger partial charge in [-0.15, -0.1) is 0 Å². The second-order valence-electron chi connectivity index (χ2n) is 4.94. The van der Waals surface area contributed by atoms with Gasteiger partial charge in [-0.05, 0) is 20.8 Å². The van der Waals surface area contributed by atoms with E-state index in [1.54, 1.807) is 0 Å². The molecule has 6 heteroatoms. The normalized spacial score (nSPS) is 16.0. The van der Waals surface area contributed by atoms with Gasteiger partial charge < -0.3 is 14.2 Å². The molecule has 0 aromatic heterocycles. The molecule has 0 bridgehead atoms. The highest BCUT2D eigenvalue weighted by molar-refractivity contribution is 4.77. The molecule has 0 aliphatic carbocycles. The van der Waals surface area contributed by atoms with Crippen molar-refractivity contribution >= 4 is 0 Å². The van der Waals surface area contributed by atoms with E-state index in [0.29, 0.717) is 12.8 Å². The zero-order valence-electron chi connectivity index (χ0n) is 12.9. The number of rotatable bonds is 11. The van der Waals surface area contributed by atoms with Crippen molar-refractivity contribution in [3.63, 3.8) is 0 Å². The van der Waals surface area contributed by atoms with E-state index in [0.717, 1.165) is 0 Å². The number of hydrogen-bond donors (Lipinski definition) is 0. The van der Waals surface area contributed by atoms with Crippen molar-refractivity contribution in [3.8, 4) is 18.2 Å². The van der Waals surface area contributed by atoms with Crippen molar-refractivity contribution in [3.05, 3.63) is 0 Å². The summed E-state index contributed by atoms with van der Waals surface area (Å²) in [5, 5.41) is 25.9. The molecule has 3 unspecified atom stereocenters. The van der Waals surface area contributed by atoms with Gasteiger partial charge in [0.05, 0.1) is 69.0 Å². The first kappa shape index (κ1) is 19.4. The Labute approximate surface area is 126 Å². The summed E-state index contributed by atoms with van der Waals surface area (Å²) < 4.78 is 16.8. The molecular weight excluding hydrogens is 270 g/mol. The van der Waals surface area contributed by atoms with E-state index >= 15 is 0 Å². The molecule has 21 heavy (non-hydrogen) atoms. The second-order valence-corrected chi connectivity index (χ2v) is 4.94. The Bertz CT molecular complexity index is 368. The summed E-state index contributed by atoms with van der Waals surface area (Å²) in [7, 11) is 0. The van der Waals surface area contributed by atoms with Crippen LogP contribution in [0.3, 0.4) is 0 Å². The lowest BCUT2D eigenvalue weighted by Gasteiger charge is -2.24. The number of ether oxygens (including phenoxy) is 3. The van der Waals surface area contributed by atoms with Crippen LogP contribution in [-0.4, -0.2) is 37.6 Å². The lowest BCUT2D eigenvalue weighted by Crippen LogP contribution is -2.32. The van der Waals surface area contributed by atoms with E-state index < -0.39 is 0 Å². The van der Waals surface area contributed by atoms with Gasteiger partial charge in [0.2, 0.25) is 0 Å². The van der Waals surface area contributed by atoms with E-state index in [9.17, 15) is 0 Å². The Morgan fingerprint density at radius 2 is 1.10 bits per heavy atom. The number of hydrogen-bond acceptors (Lipinski definition) is 6. The van der Waals surface area contributed by atoms with Gasteiger partial charge in [-0.25, -0.2) is 0 Å². The highest BCUT2D eigenvalue weighted by atomic mass is 16.6. The molecule has 0 heterocycles. The largest absolute Gasteiger partial charge is 0.375 e. The van der Waals surface area contributed by atoms with Crippen LogP contribution in [0.1, 0.15) is 40.0 Å². The standard InChI is InChI=1S/C15H23N3O3/c1-12(4-7-16)19-10-15(21-14(3)6-9-18)11-20-13(2)5-8-17/h12-15H,4-6,10-11H2,1-3H3. The van der Waals surface area contributed by atoms with Crippen LogP contribution in [0.2, 0.25) is 0 Å². The highest BCUT2D eigenvalue weighted by Crippen LogP contribution is 2.08. The SMILES string of the molecule is CC(CC#N)OCC(COC(C)CC#N)OC(C)CC#N. The Balaban J connectivity index is 4.31. The van der Waals surface area contributed by atoms with Gasteiger partial charge in [0.25, 0.3) is 0 Å². The van der Waals surface area contributed by atoms with E-state index in [2.05, 4.69) is 6.07 Å². The average molecular weight is 293 g/mol.